The Balaban J connectivity index is 3.86. The molecule has 0 aliphatic heterocycles. The zero-order valence-electron chi connectivity index (χ0n) is 10.2. The van der Waals surface area contributed by atoms with Gasteiger partial charge in [-0.2, -0.15) is 10.5 Å². The minimum absolute atomic E-state index is 0.274. The van der Waals surface area contributed by atoms with E-state index in [1.165, 1.54) is 19.1 Å². The molecule has 0 saturated carbocycles. The van der Waals surface area contributed by atoms with Crippen molar-refractivity contribution in [2.24, 2.45) is 5.84 Å². The van der Waals surface area contributed by atoms with Gasteiger partial charge < -0.3 is 5.43 Å². The Morgan fingerprint density at radius 1 is 1.05 bits per heavy atom. The Morgan fingerprint density at radius 3 is 1.80 bits per heavy atom. The molecule has 20 heavy (non-hydrogen) atoms. The van der Waals surface area contributed by atoms with Gasteiger partial charge in [-0.05, 0) is 6.42 Å². The van der Waals surface area contributed by atoms with Crippen molar-refractivity contribution >= 4 is 5.70 Å². The first-order valence-corrected chi connectivity index (χ1v) is 5.30. The Labute approximate surface area is 111 Å². The Morgan fingerprint density at radius 2 is 1.50 bits per heavy atom. The molecular formula is C12H8F4N4. The van der Waals surface area contributed by atoms with Gasteiger partial charge in [-0.25, -0.2) is 17.6 Å². The lowest BCUT2D eigenvalue weighted by molar-refractivity contribution is 0.436. The molecule has 0 aliphatic rings. The summed E-state index contributed by atoms with van der Waals surface area (Å²) < 4.78 is 54.9. The number of nitrogens with one attached hydrogen (secondary N) is 1. The smallest absolute Gasteiger partial charge is 0.171 e. The highest BCUT2D eigenvalue weighted by atomic mass is 19.2. The van der Waals surface area contributed by atoms with Crippen LogP contribution in [0.25, 0.3) is 5.70 Å². The van der Waals surface area contributed by atoms with Crippen LogP contribution in [-0.2, 0) is 6.42 Å². The molecule has 0 aromatic heterocycles. The minimum atomic E-state index is -1.73. The zero-order valence-corrected chi connectivity index (χ0v) is 10.2. The van der Waals surface area contributed by atoms with E-state index >= 15 is 0 Å². The first kappa shape index (κ1) is 15.5. The van der Waals surface area contributed by atoms with Gasteiger partial charge >= 0.3 is 0 Å². The standard InChI is InChI=1S/C12H8F4N4/c1-2-6-8(13)10(15)7(11(16)9(6)14)12(20-19)5(3-17)4-18/h20H,2,19H2,1H3. The van der Waals surface area contributed by atoms with Gasteiger partial charge in [0.1, 0.15) is 12.1 Å². The molecular weight excluding hydrogens is 276 g/mol. The molecule has 1 aromatic carbocycles. The molecule has 8 heteroatoms. The molecule has 0 unspecified atom stereocenters. The van der Waals surface area contributed by atoms with Crippen LogP contribution in [0.2, 0.25) is 0 Å². The second-order valence-electron chi connectivity index (χ2n) is 3.58. The first-order valence-electron chi connectivity index (χ1n) is 5.30. The maximum atomic E-state index is 13.8. The van der Waals surface area contributed by atoms with Gasteiger partial charge in [-0.1, -0.05) is 6.92 Å². The number of allylic oxidation sites excluding steroid dienone is 1. The Bertz CT molecular complexity index is 623. The van der Waals surface area contributed by atoms with Gasteiger partial charge in [0.05, 0.1) is 11.3 Å². The molecule has 0 radical (unpaired) electrons. The highest BCUT2D eigenvalue weighted by Crippen LogP contribution is 2.29. The highest BCUT2D eigenvalue weighted by Gasteiger charge is 2.28. The van der Waals surface area contributed by atoms with Gasteiger partial charge in [0.25, 0.3) is 0 Å². The van der Waals surface area contributed by atoms with Crippen LogP contribution in [0.5, 0.6) is 0 Å². The third-order valence-corrected chi connectivity index (χ3v) is 2.58. The van der Waals surface area contributed by atoms with Crippen LogP contribution in [0, 0.1) is 45.9 Å². The maximum Gasteiger partial charge on any atom is 0.171 e. The third-order valence-electron chi connectivity index (χ3n) is 2.58. The number of hydrazine groups is 1. The van der Waals surface area contributed by atoms with Crippen molar-refractivity contribution in [2.45, 2.75) is 13.3 Å². The van der Waals surface area contributed by atoms with Crippen molar-refractivity contribution in [3.05, 3.63) is 40.0 Å². The molecule has 1 rings (SSSR count). The zero-order chi connectivity index (χ0) is 15.4. The number of nitriles is 2. The van der Waals surface area contributed by atoms with E-state index in [4.69, 9.17) is 16.4 Å². The predicted molar refractivity (Wildman–Crippen MR) is 61.1 cm³/mol. The largest absolute Gasteiger partial charge is 0.322 e. The van der Waals surface area contributed by atoms with E-state index in [0.717, 1.165) is 0 Å². The second kappa shape index (κ2) is 6.04. The van der Waals surface area contributed by atoms with Gasteiger partial charge in [-0.15, -0.1) is 0 Å². The van der Waals surface area contributed by atoms with Gasteiger partial charge in [0.15, 0.2) is 28.8 Å². The summed E-state index contributed by atoms with van der Waals surface area (Å²) in [6.07, 6.45) is -0.274. The molecule has 0 bridgehead atoms. The SMILES string of the molecule is CCc1c(F)c(F)c(C(NN)=C(C#N)C#N)c(F)c1F. The monoisotopic (exact) mass is 284 g/mol. The van der Waals surface area contributed by atoms with Crippen molar-refractivity contribution in [1.82, 2.24) is 5.43 Å². The van der Waals surface area contributed by atoms with E-state index in [0.29, 0.717) is 0 Å². The molecule has 104 valence electrons. The van der Waals surface area contributed by atoms with Gasteiger partial charge in [0.2, 0.25) is 0 Å². The molecule has 3 N–H and O–H groups in total. The molecule has 0 spiro atoms. The number of benzene rings is 1. The van der Waals surface area contributed by atoms with Crippen LogP contribution in [-0.4, -0.2) is 0 Å². The average molecular weight is 284 g/mol. The lowest BCUT2D eigenvalue weighted by Gasteiger charge is -2.13. The van der Waals surface area contributed by atoms with E-state index < -0.39 is 45.7 Å². The van der Waals surface area contributed by atoms with Crippen LogP contribution in [0.1, 0.15) is 18.1 Å². The summed E-state index contributed by atoms with van der Waals surface area (Å²) in [6, 6.07) is 2.64. The summed E-state index contributed by atoms with van der Waals surface area (Å²) in [5, 5.41) is 17.3. The molecule has 0 aliphatic carbocycles. The van der Waals surface area contributed by atoms with E-state index in [2.05, 4.69) is 0 Å². The quantitative estimate of drug-likeness (QED) is 0.292. The highest BCUT2D eigenvalue weighted by molar-refractivity contribution is 5.74. The fourth-order valence-corrected chi connectivity index (χ4v) is 1.61. The predicted octanol–water partition coefficient (Wildman–Crippen LogP) is 2.03. The average Bonchev–Trinajstić information content (AvgIpc) is 2.45. The van der Waals surface area contributed by atoms with Crippen LogP contribution >= 0.6 is 0 Å². The van der Waals surface area contributed by atoms with Crippen molar-refractivity contribution < 1.29 is 17.6 Å². The van der Waals surface area contributed by atoms with Crippen molar-refractivity contribution in [1.29, 1.82) is 10.5 Å². The number of nitrogens with zero attached hydrogens (tertiary/aromatic N) is 2. The number of hydrogen-bond donors (Lipinski definition) is 2. The van der Waals surface area contributed by atoms with E-state index in [1.54, 1.807) is 5.43 Å². The van der Waals surface area contributed by atoms with E-state index in [9.17, 15) is 17.6 Å². The third kappa shape index (κ3) is 2.29. The molecule has 0 fully saturated rings. The lowest BCUT2D eigenvalue weighted by Crippen LogP contribution is -2.24. The summed E-state index contributed by atoms with van der Waals surface area (Å²) >= 11 is 0. The van der Waals surface area contributed by atoms with E-state index in [-0.39, 0.29) is 6.42 Å². The molecule has 0 saturated heterocycles. The fraction of sp³-hybridized carbons (Fsp3) is 0.167. The maximum absolute atomic E-state index is 13.8. The summed E-state index contributed by atoms with van der Waals surface area (Å²) in [5.41, 5.74) is -1.92. The normalized spacial score (nSPS) is 9.60. The van der Waals surface area contributed by atoms with Crippen molar-refractivity contribution in [2.75, 3.05) is 0 Å². The summed E-state index contributed by atoms with van der Waals surface area (Å²) in [7, 11) is 0. The lowest BCUT2D eigenvalue weighted by atomic mass is 10.0. The molecule has 0 heterocycles. The molecule has 0 amide bonds. The van der Waals surface area contributed by atoms with Crippen molar-refractivity contribution in [3.63, 3.8) is 0 Å². The summed E-state index contributed by atoms with van der Waals surface area (Å²) in [4.78, 5) is 0. The van der Waals surface area contributed by atoms with Gasteiger partial charge in [0, 0.05) is 5.56 Å². The Kier molecular flexibility index (Phi) is 4.68. The molecule has 4 nitrogen and oxygen atoms in total. The van der Waals surface area contributed by atoms with Crippen LogP contribution in [0.3, 0.4) is 0 Å². The van der Waals surface area contributed by atoms with E-state index in [1.807, 2.05) is 0 Å². The first-order chi connectivity index (χ1) is 9.44. The topological polar surface area (TPSA) is 85.6 Å². The second-order valence-corrected chi connectivity index (χ2v) is 3.58. The van der Waals surface area contributed by atoms with Crippen LogP contribution < -0.4 is 11.3 Å². The number of nitrogens with two attached hydrogens (primary N) is 1. The number of rotatable bonds is 3. The summed E-state index contributed by atoms with van der Waals surface area (Å²) in [6.45, 7) is 1.31. The van der Waals surface area contributed by atoms with Crippen molar-refractivity contribution in [3.8, 4) is 12.1 Å². The molecule has 1 aromatic rings. The minimum Gasteiger partial charge on any atom is -0.322 e. The Hall–Kier alpha value is -2.58. The number of halogens is 4. The van der Waals surface area contributed by atoms with Crippen LogP contribution in [0.15, 0.2) is 5.57 Å². The molecule has 0 atom stereocenters. The van der Waals surface area contributed by atoms with Gasteiger partial charge in [-0.3, -0.25) is 5.84 Å². The van der Waals surface area contributed by atoms with Crippen LogP contribution in [0.4, 0.5) is 17.6 Å². The summed E-state index contributed by atoms with van der Waals surface area (Å²) in [5.74, 6) is -1.66. The number of hydrogen-bond acceptors (Lipinski definition) is 4. The fourth-order valence-electron chi connectivity index (χ4n) is 1.61.